The van der Waals surface area contributed by atoms with E-state index in [0.29, 0.717) is 19.3 Å². The van der Waals surface area contributed by atoms with Gasteiger partial charge in [-0.3, -0.25) is 4.90 Å². The molecule has 2 atom stereocenters. The molecule has 0 aromatic heterocycles. The molecular weight excluding hydrogens is 304 g/mol. The van der Waals surface area contributed by atoms with Crippen molar-refractivity contribution in [1.82, 2.24) is 10.2 Å². The van der Waals surface area contributed by atoms with E-state index in [-0.39, 0.29) is 18.8 Å². The summed E-state index contributed by atoms with van der Waals surface area (Å²) in [6.45, 7) is 5.26. The molecule has 1 aromatic rings. The first-order valence-electron chi connectivity index (χ1n) is 9.17. The fourth-order valence-electron chi connectivity index (χ4n) is 3.68. The Kier molecular flexibility index (Phi) is 7.05. The first kappa shape index (κ1) is 17.8. The summed E-state index contributed by atoms with van der Waals surface area (Å²) in [5.74, 6) is 0. The number of hydrogen-bond donors (Lipinski definition) is 2. The highest BCUT2D eigenvalue weighted by molar-refractivity contribution is 5.14. The second-order valence-corrected chi connectivity index (χ2v) is 6.81. The van der Waals surface area contributed by atoms with Crippen molar-refractivity contribution in [2.24, 2.45) is 0 Å². The van der Waals surface area contributed by atoms with Gasteiger partial charge in [0, 0.05) is 19.2 Å². The molecule has 0 unspecified atom stereocenters. The van der Waals surface area contributed by atoms with Gasteiger partial charge in [0.2, 0.25) is 0 Å². The highest BCUT2D eigenvalue weighted by Crippen LogP contribution is 2.18. The van der Waals surface area contributed by atoms with Crippen molar-refractivity contribution >= 4 is 0 Å². The third kappa shape index (κ3) is 5.26. The zero-order valence-corrected chi connectivity index (χ0v) is 14.4. The normalized spacial score (nSPS) is 26.5. The Labute approximate surface area is 144 Å². The van der Waals surface area contributed by atoms with Gasteiger partial charge in [-0.25, -0.2) is 0 Å². The van der Waals surface area contributed by atoms with Crippen LogP contribution in [0.4, 0.5) is 0 Å². The first-order valence-corrected chi connectivity index (χ1v) is 9.17. The Balaban J connectivity index is 1.42. The van der Waals surface area contributed by atoms with Gasteiger partial charge in [0.15, 0.2) is 0 Å². The van der Waals surface area contributed by atoms with Gasteiger partial charge in [-0.2, -0.15) is 0 Å². The number of hydrogen-bond acceptors (Lipinski definition) is 5. The van der Waals surface area contributed by atoms with Crippen molar-refractivity contribution in [3.8, 4) is 0 Å². The second-order valence-electron chi connectivity index (χ2n) is 6.81. The topological polar surface area (TPSA) is 54.0 Å². The number of nitrogens with zero attached hydrogens (tertiary/aromatic N) is 1. The summed E-state index contributed by atoms with van der Waals surface area (Å²) in [5.41, 5.74) is 1.39. The minimum atomic E-state index is 0.0853. The predicted octanol–water partition coefficient (Wildman–Crippen LogP) is 1.41. The van der Waals surface area contributed by atoms with Crippen LogP contribution in [0.1, 0.15) is 24.8 Å². The molecule has 134 valence electrons. The highest BCUT2D eigenvalue weighted by Gasteiger charge is 2.29. The Morgan fingerprint density at radius 1 is 1.17 bits per heavy atom. The van der Waals surface area contributed by atoms with Gasteiger partial charge in [0.25, 0.3) is 0 Å². The van der Waals surface area contributed by atoms with E-state index in [0.717, 1.165) is 45.5 Å². The molecular formula is C19H30N2O3. The van der Waals surface area contributed by atoms with E-state index in [1.807, 2.05) is 0 Å². The van der Waals surface area contributed by atoms with Gasteiger partial charge >= 0.3 is 0 Å². The van der Waals surface area contributed by atoms with Crippen molar-refractivity contribution in [2.45, 2.75) is 44.0 Å². The molecule has 2 aliphatic heterocycles. The van der Waals surface area contributed by atoms with E-state index in [2.05, 4.69) is 40.5 Å². The summed E-state index contributed by atoms with van der Waals surface area (Å²) in [6.07, 6.45) is 3.39. The average molecular weight is 334 g/mol. The summed E-state index contributed by atoms with van der Waals surface area (Å²) in [6, 6.07) is 11.5. The molecule has 2 heterocycles. The quantitative estimate of drug-likeness (QED) is 0.790. The Hall–Kier alpha value is -0.980. The molecule has 2 saturated heterocycles. The van der Waals surface area contributed by atoms with Gasteiger partial charge in [0.1, 0.15) is 0 Å². The summed E-state index contributed by atoms with van der Waals surface area (Å²) in [4.78, 5) is 2.53. The van der Waals surface area contributed by atoms with Crippen LogP contribution in [0.25, 0.3) is 0 Å². The first-order chi connectivity index (χ1) is 11.8. The SMILES string of the molecule is OCCO[C@@H]1CCOC[C@@H]1NC1CCN(Cc2ccccc2)CC1. The lowest BCUT2D eigenvalue weighted by atomic mass is 10.00. The van der Waals surface area contributed by atoms with Gasteiger partial charge in [0.05, 0.1) is 32.0 Å². The van der Waals surface area contributed by atoms with Crippen LogP contribution in [0.15, 0.2) is 30.3 Å². The summed E-state index contributed by atoms with van der Waals surface area (Å²) in [7, 11) is 0. The molecule has 0 radical (unpaired) electrons. The van der Waals surface area contributed by atoms with Gasteiger partial charge in [-0.15, -0.1) is 0 Å². The molecule has 1 aromatic carbocycles. The van der Waals surface area contributed by atoms with Crippen LogP contribution in [0.2, 0.25) is 0 Å². The molecule has 0 spiro atoms. The largest absolute Gasteiger partial charge is 0.394 e. The molecule has 24 heavy (non-hydrogen) atoms. The lowest BCUT2D eigenvalue weighted by molar-refractivity contribution is -0.0672. The molecule has 2 N–H and O–H groups in total. The van der Waals surface area contributed by atoms with Crippen molar-refractivity contribution in [3.63, 3.8) is 0 Å². The second kappa shape index (κ2) is 9.49. The molecule has 5 heteroatoms. The lowest BCUT2D eigenvalue weighted by Crippen LogP contribution is -2.54. The molecule has 0 amide bonds. The standard InChI is InChI=1S/C19H30N2O3/c22-11-13-24-19-8-12-23-15-18(19)20-17-6-9-21(10-7-17)14-16-4-2-1-3-5-16/h1-5,17-20,22H,6-15H2/t18-,19+/m0/s1. The van der Waals surface area contributed by atoms with Crippen LogP contribution in [-0.4, -0.2) is 67.7 Å². The Morgan fingerprint density at radius 3 is 2.71 bits per heavy atom. The number of benzene rings is 1. The fourth-order valence-corrected chi connectivity index (χ4v) is 3.68. The third-order valence-electron chi connectivity index (χ3n) is 5.00. The number of aliphatic hydroxyl groups is 1. The maximum Gasteiger partial charge on any atom is 0.0773 e. The van der Waals surface area contributed by atoms with Crippen molar-refractivity contribution in [3.05, 3.63) is 35.9 Å². The summed E-state index contributed by atoms with van der Waals surface area (Å²) in [5, 5.41) is 12.7. The van der Waals surface area contributed by atoms with Crippen LogP contribution in [0.3, 0.4) is 0 Å². The minimum Gasteiger partial charge on any atom is -0.394 e. The van der Waals surface area contributed by atoms with E-state index in [4.69, 9.17) is 14.6 Å². The van der Waals surface area contributed by atoms with Gasteiger partial charge < -0.3 is 19.9 Å². The molecule has 2 fully saturated rings. The van der Waals surface area contributed by atoms with Crippen LogP contribution in [-0.2, 0) is 16.0 Å². The van der Waals surface area contributed by atoms with E-state index in [1.54, 1.807) is 0 Å². The zero-order valence-electron chi connectivity index (χ0n) is 14.4. The van der Waals surface area contributed by atoms with Crippen LogP contribution < -0.4 is 5.32 Å². The zero-order chi connectivity index (χ0) is 16.6. The number of likely N-dealkylation sites (tertiary alicyclic amines) is 1. The number of ether oxygens (including phenoxy) is 2. The number of nitrogens with one attached hydrogen (secondary N) is 1. The van der Waals surface area contributed by atoms with Gasteiger partial charge in [-0.1, -0.05) is 30.3 Å². The molecule has 5 nitrogen and oxygen atoms in total. The monoisotopic (exact) mass is 334 g/mol. The van der Waals surface area contributed by atoms with Crippen molar-refractivity contribution in [2.75, 3.05) is 39.5 Å². The smallest absolute Gasteiger partial charge is 0.0773 e. The summed E-state index contributed by atoms with van der Waals surface area (Å²) < 4.78 is 11.4. The maximum absolute atomic E-state index is 8.97. The summed E-state index contributed by atoms with van der Waals surface area (Å²) >= 11 is 0. The molecule has 2 aliphatic rings. The van der Waals surface area contributed by atoms with E-state index >= 15 is 0 Å². The predicted molar refractivity (Wildman–Crippen MR) is 93.9 cm³/mol. The molecule has 0 saturated carbocycles. The number of rotatable bonds is 7. The fraction of sp³-hybridized carbons (Fsp3) is 0.684. The minimum absolute atomic E-state index is 0.0853. The number of piperidine rings is 1. The molecule has 3 rings (SSSR count). The highest BCUT2D eigenvalue weighted by atomic mass is 16.5. The lowest BCUT2D eigenvalue weighted by Gasteiger charge is -2.38. The van der Waals surface area contributed by atoms with E-state index in [9.17, 15) is 0 Å². The van der Waals surface area contributed by atoms with Crippen LogP contribution in [0, 0.1) is 0 Å². The van der Waals surface area contributed by atoms with Crippen LogP contribution in [0.5, 0.6) is 0 Å². The van der Waals surface area contributed by atoms with Crippen molar-refractivity contribution in [1.29, 1.82) is 0 Å². The Bertz CT molecular complexity index is 463. The third-order valence-corrected chi connectivity index (χ3v) is 5.00. The van der Waals surface area contributed by atoms with Gasteiger partial charge in [-0.05, 0) is 37.9 Å². The number of aliphatic hydroxyl groups excluding tert-OH is 1. The maximum atomic E-state index is 8.97. The molecule has 0 bridgehead atoms. The Morgan fingerprint density at radius 2 is 1.96 bits per heavy atom. The average Bonchev–Trinajstić information content (AvgIpc) is 2.63. The van der Waals surface area contributed by atoms with Crippen LogP contribution >= 0.6 is 0 Å². The van der Waals surface area contributed by atoms with E-state index < -0.39 is 0 Å². The molecule has 0 aliphatic carbocycles. The van der Waals surface area contributed by atoms with Crippen molar-refractivity contribution < 1.29 is 14.6 Å². The van der Waals surface area contributed by atoms with E-state index in [1.165, 1.54) is 5.56 Å².